The quantitative estimate of drug-likeness (QED) is 0.113. The summed E-state index contributed by atoms with van der Waals surface area (Å²) in [6.45, 7) is 9.63. The van der Waals surface area contributed by atoms with Crippen LogP contribution < -0.4 is 0 Å². The first-order valence-electron chi connectivity index (χ1n) is 13.9. The fraction of sp³-hybridized carbons (Fsp3) is 0.929. The Bertz CT molecular complexity index is 335. The van der Waals surface area contributed by atoms with E-state index in [1.807, 2.05) is 0 Å². The first-order valence-corrected chi connectivity index (χ1v) is 16.9. The highest BCUT2D eigenvalue weighted by Gasteiger charge is 2.22. The zero-order valence-electron chi connectivity index (χ0n) is 21.2. The van der Waals surface area contributed by atoms with Crippen molar-refractivity contribution in [1.82, 2.24) is 0 Å². The molecule has 0 amide bonds. The normalized spacial score (nSPS) is 13.9. The molecule has 0 aliphatic rings. The SMILES string of the molecule is CCCCCCCC/C=C/[Si](C)(CCCCCCCC)CCCCCCCCC. The Morgan fingerprint density at radius 2 is 0.793 bits per heavy atom. The molecule has 0 nitrogen and oxygen atoms in total. The minimum atomic E-state index is -1.16. The molecule has 0 aromatic carbocycles. The second kappa shape index (κ2) is 22.6. The molecule has 0 aliphatic carbocycles. The Hall–Kier alpha value is -0.0431. The van der Waals surface area contributed by atoms with E-state index in [1.165, 1.54) is 128 Å². The summed E-state index contributed by atoms with van der Waals surface area (Å²) < 4.78 is 0. The molecule has 0 fully saturated rings. The second-order valence-electron chi connectivity index (χ2n) is 10.0. The lowest BCUT2D eigenvalue weighted by molar-refractivity contribution is 0.599. The molecule has 1 unspecified atom stereocenters. The van der Waals surface area contributed by atoms with Crippen LogP contribution in [0.4, 0.5) is 0 Å². The molecule has 0 bridgehead atoms. The van der Waals surface area contributed by atoms with Gasteiger partial charge in [-0.3, -0.25) is 0 Å². The predicted molar refractivity (Wildman–Crippen MR) is 140 cm³/mol. The molecule has 0 heterocycles. The topological polar surface area (TPSA) is 0 Å². The highest BCUT2D eigenvalue weighted by Crippen LogP contribution is 2.25. The third-order valence-corrected chi connectivity index (χ3v) is 10.7. The van der Waals surface area contributed by atoms with Crippen LogP contribution in [0.25, 0.3) is 0 Å². The summed E-state index contributed by atoms with van der Waals surface area (Å²) in [5.41, 5.74) is 2.77. The fourth-order valence-corrected chi connectivity index (χ4v) is 7.93. The first kappa shape index (κ1) is 29.0. The number of hydrogen-bond donors (Lipinski definition) is 0. The van der Waals surface area contributed by atoms with Gasteiger partial charge in [-0.1, -0.05) is 167 Å². The van der Waals surface area contributed by atoms with Crippen molar-refractivity contribution in [1.29, 1.82) is 0 Å². The van der Waals surface area contributed by atoms with E-state index in [4.69, 9.17) is 0 Å². The lowest BCUT2D eigenvalue weighted by atomic mass is 10.1. The van der Waals surface area contributed by atoms with E-state index in [-0.39, 0.29) is 0 Å². The summed E-state index contributed by atoms with van der Waals surface area (Å²) in [5, 5.41) is 0. The Balaban J connectivity index is 4.15. The molecule has 0 spiro atoms. The third-order valence-electron chi connectivity index (χ3n) is 6.70. The molecule has 1 atom stereocenters. The highest BCUT2D eigenvalue weighted by molar-refractivity contribution is 6.83. The van der Waals surface area contributed by atoms with Crippen molar-refractivity contribution in [2.24, 2.45) is 0 Å². The van der Waals surface area contributed by atoms with Gasteiger partial charge in [-0.15, -0.1) is 0 Å². The van der Waals surface area contributed by atoms with Crippen LogP contribution in [0.1, 0.15) is 149 Å². The van der Waals surface area contributed by atoms with Gasteiger partial charge in [0.2, 0.25) is 0 Å². The van der Waals surface area contributed by atoms with Gasteiger partial charge in [0.1, 0.15) is 0 Å². The smallest absolute Gasteiger partial charge is 0.0743 e. The maximum Gasteiger partial charge on any atom is 0.0743 e. The van der Waals surface area contributed by atoms with Crippen molar-refractivity contribution in [3.8, 4) is 0 Å². The van der Waals surface area contributed by atoms with E-state index in [0.29, 0.717) is 0 Å². The number of allylic oxidation sites excluding steroid dienone is 1. The Kier molecular flexibility index (Phi) is 22.6. The zero-order valence-corrected chi connectivity index (χ0v) is 22.2. The summed E-state index contributed by atoms with van der Waals surface area (Å²) in [6.07, 6.45) is 31.4. The van der Waals surface area contributed by atoms with Crippen LogP contribution >= 0.6 is 0 Å². The molecule has 0 N–H and O–H groups in total. The van der Waals surface area contributed by atoms with Crippen molar-refractivity contribution >= 4 is 8.07 Å². The molecule has 0 rings (SSSR count). The molecule has 174 valence electrons. The maximum absolute atomic E-state index is 2.77. The van der Waals surface area contributed by atoms with Crippen LogP contribution in [0.15, 0.2) is 11.8 Å². The Labute approximate surface area is 187 Å². The van der Waals surface area contributed by atoms with Gasteiger partial charge in [0.25, 0.3) is 0 Å². The monoisotopic (exact) mass is 422 g/mol. The molecule has 0 aliphatic heterocycles. The molecule has 1 heteroatoms. The molecule has 0 saturated heterocycles. The van der Waals surface area contributed by atoms with Crippen LogP contribution in [0.3, 0.4) is 0 Å². The van der Waals surface area contributed by atoms with E-state index in [2.05, 4.69) is 39.1 Å². The molecule has 0 saturated carbocycles. The second-order valence-corrected chi connectivity index (χ2v) is 14.6. The summed E-state index contributed by atoms with van der Waals surface area (Å²) in [7, 11) is -1.16. The van der Waals surface area contributed by atoms with Crippen LogP contribution in [0.5, 0.6) is 0 Å². The van der Waals surface area contributed by atoms with Gasteiger partial charge in [-0.2, -0.15) is 0 Å². The molecule has 0 radical (unpaired) electrons. The Morgan fingerprint density at radius 1 is 0.448 bits per heavy atom. The van der Waals surface area contributed by atoms with Crippen LogP contribution in [-0.2, 0) is 0 Å². The van der Waals surface area contributed by atoms with Gasteiger partial charge in [0.15, 0.2) is 0 Å². The van der Waals surface area contributed by atoms with E-state index in [1.54, 1.807) is 12.1 Å². The van der Waals surface area contributed by atoms with E-state index < -0.39 is 8.07 Å². The molecular formula is C28H58Si. The average molecular weight is 423 g/mol. The number of hydrogen-bond acceptors (Lipinski definition) is 0. The van der Waals surface area contributed by atoms with Gasteiger partial charge in [-0.25, -0.2) is 0 Å². The Morgan fingerprint density at radius 3 is 1.21 bits per heavy atom. The van der Waals surface area contributed by atoms with E-state index in [9.17, 15) is 0 Å². The summed E-state index contributed by atoms with van der Waals surface area (Å²) in [4.78, 5) is 0. The van der Waals surface area contributed by atoms with E-state index >= 15 is 0 Å². The van der Waals surface area contributed by atoms with Crippen molar-refractivity contribution < 1.29 is 0 Å². The van der Waals surface area contributed by atoms with Crippen molar-refractivity contribution in [2.45, 2.75) is 168 Å². The van der Waals surface area contributed by atoms with Gasteiger partial charge in [-0.05, 0) is 12.8 Å². The predicted octanol–water partition coefficient (Wildman–Crippen LogP) is 11.0. The molecule has 0 aromatic rings. The fourth-order valence-electron chi connectivity index (χ4n) is 4.50. The minimum Gasteiger partial charge on any atom is -0.0984 e. The highest BCUT2D eigenvalue weighted by atomic mass is 28.3. The van der Waals surface area contributed by atoms with Gasteiger partial charge in [0.05, 0.1) is 8.07 Å². The van der Waals surface area contributed by atoms with Gasteiger partial charge < -0.3 is 0 Å². The zero-order chi connectivity index (χ0) is 21.5. The lowest BCUT2D eigenvalue weighted by Crippen LogP contribution is -2.27. The lowest BCUT2D eigenvalue weighted by Gasteiger charge is -2.24. The van der Waals surface area contributed by atoms with E-state index in [0.717, 1.165) is 0 Å². The summed E-state index contributed by atoms with van der Waals surface area (Å²) in [6, 6.07) is 3.09. The van der Waals surface area contributed by atoms with Crippen molar-refractivity contribution in [3.63, 3.8) is 0 Å². The van der Waals surface area contributed by atoms with Gasteiger partial charge in [0, 0.05) is 0 Å². The summed E-state index contributed by atoms with van der Waals surface area (Å²) >= 11 is 0. The molecule has 0 aromatic heterocycles. The maximum atomic E-state index is 2.77. The summed E-state index contributed by atoms with van der Waals surface area (Å²) in [5.74, 6) is 0. The first-order chi connectivity index (χ1) is 14.2. The number of unbranched alkanes of at least 4 members (excludes halogenated alkanes) is 17. The standard InChI is InChI=1S/C28H58Si/c1-5-8-11-14-17-19-22-25-28-29(4,26-23-20-16-13-10-7-3)27-24-21-18-15-12-9-6-2/h25,28H,5-24,26-27H2,1-4H3/b28-25+. The van der Waals surface area contributed by atoms with Crippen LogP contribution in [0.2, 0.25) is 18.6 Å². The van der Waals surface area contributed by atoms with Crippen LogP contribution in [0, 0.1) is 0 Å². The largest absolute Gasteiger partial charge is 0.0984 e. The van der Waals surface area contributed by atoms with Crippen molar-refractivity contribution in [3.05, 3.63) is 11.8 Å². The van der Waals surface area contributed by atoms with Gasteiger partial charge >= 0.3 is 0 Å². The van der Waals surface area contributed by atoms with Crippen LogP contribution in [-0.4, -0.2) is 8.07 Å². The molecular weight excluding hydrogens is 364 g/mol. The number of rotatable bonds is 23. The molecule has 29 heavy (non-hydrogen) atoms. The third kappa shape index (κ3) is 21.0. The van der Waals surface area contributed by atoms with Crippen molar-refractivity contribution in [2.75, 3.05) is 0 Å². The minimum absolute atomic E-state index is 1.16. The average Bonchev–Trinajstić information content (AvgIpc) is 2.72.